The van der Waals surface area contributed by atoms with Gasteiger partial charge in [0.1, 0.15) is 5.82 Å². The van der Waals surface area contributed by atoms with E-state index < -0.39 is 9.05 Å². The fourth-order valence-corrected chi connectivity index (χ4v) is 3.61. The van der Waals surface area contributed by atoms with Crippen LogP contribution in [0.5, 0.6) is 0 Å². The van der Waals surface area contributed by atoms with Crippen molar-refractivity contribution in [2.45, 2.75) is 43.8 Å². The summed E-state index contributed by atoms with van der Waals surface area (Å²) >= 11 is 0. The summed E-state index contributed by atoms with van der Waals surface area (Å²) in [5.74, 6) is 1.44. The molecule has 0 aliphatic heterocycles. The molecular weight excluding hydrogens is 290 g/mol. The fourth-order valence-electron chi connectivity index (χ4n) is 2.68. The van der Waals surface area contributed by atoms with Crippen molar-refractivity contribution in [3.8, 4) is 0 Å². The van der Waals surface area contributed by atoms with Gasteiger partial charge in [0.25, 0.3) is 14.2 Å². The summed E-state index contributed by atoms with van der Waals surface area (Å²) in [6.45, 7) is 2.94. The van der Waals surface area contributed by atoms with Gasteiger partial charge in [0.05, 0.1) is 6.61 Å². The van der Waals surface area contributed by atoms with Crippen LogP contribution >= 0.6 is 10.7 Å². The van der Waals surface area contributed by atoms with Crippen LogP contribution in [0.3, 0.4) is 0 Å². The Kier molecular flexibility index (Phi) is 4.47. The molecule has 0 aromatic carbocycles. The third-order valence-corrected chi connectivity index (χ3v) is 4.83. The molecule has 1 fully saturated rings. The first-order valence-electron chi connectivity index (χ1n) is 6.32. The van der Waals surface area contributed by atoms with Crippen molar-refractivity contribution in [2.24, 2.45) is 5.92 Å². The Morgan fingerprint density at radius 3 is 2.68 bits per heavy atom. The lowest BCUT2D eigenvalue weighted by Crippen LogP contribution is -2.16. The van der Waals surface area contributed by atoms with Gasteiger partial charge in [-0.05, 0) is 18.8 Å². The molecule has 0 spiro atoms. The summed E-state index contributed by atoms with van der Waals surface area (Å²) in [7, 11) is 3.09. The van der Waals surface area contributed by atoms with E-state index in [1.165, 1.54) is 0 Å². The lowest BCUT2D eigenvalue weighted by molar-refractivity contribution is 0.182. The van der Waals surface area contributed by atoms with E-state index in [2.05, 4.69) is 17.1 Å². The number of nitrogens with zero attached hydrogens (tertiary/aromatic N) is 3. The third-order valence-electron chi connectivity index (χ3n) is 3.68. The van der Waals surface area contributed by atoms with Crippen LogP contribution in [-0.2, 0) is 20.3 Å². The molecule has 8 heteroatoms. The van der Waals surface area contributed by atoms with Crippen molar-refractivity contribution in [3.05, 3.63) is 5.82 Å². The van der Waals surface area contributed by atoms with Gasteiger partial charge in [0.2, 0.25) is 0 Å². The van der Waals surface area contributed by atoms with Crippen molar-refractivity contribution in [1.82, 2.24) is 14.8 Å². The van der Waals surface area contributed by atoms with Crippen LogP contribution in [-0.4, -0.2) is 36.9 Å². The monoisotopic (exact) mass is 307 g/mol. The zero-order valence-corrected chi connectivity index (χ0v) is 12.6. The quantitative estimate of drug-likeness (QED) is 0.775. The van der Waals surface area contributed by atoms with Gasteiger partial charge in [-0.15, -0.1) is 10.2 Å². The first-order chi connectivity index (χ1) is 8.95. The Labute approximate surface area is 117 Å². The van der Waals surface area contributed by atoms with Crippen LogP contribution in [0.4, 0.5) is 0 Å². The van der Waals surface area contributed by atoms with Crippen molar-refractivity contribution in [3.63, 3.8) is 0 Å². The van der Waals surface area contributed by atoms with E-state index in [0.29, 0.717) is 24.9 Å². The van der Waals surface area contributed by atoms with Crippen LogP contribution in [0.25, 0.3) is 0 Å². The first-order valence-corrected chi connectivity index (χ1v) is 8.62. The normalized spacial score (nSPS) is 23.9. The molecule has 1 aliphatic carbocycles. The number of rotatable bonds is 5. The van der Waals surface area contributed by atoms with Gasteiger partial charge in [-0.3, -0.25) is 4.57 Å². The summed E-state index contributed by atoms with van der Waals surface area (Å²) in [4.78, 5) is 0. The Morgan fingerprint density at radius 2 is 2.16 bits per heavy atom. The molecular formula is C11H18ClN3O3S. The standard InChI is InChI=1S/C11H18ClN3O3S/c1-8-4-3-5-9(8)10-13-14-11(19(12,16)17)15(10)6-7-18-2/h8-9H,3-7H2,1-2H3. The van der Waals surface area contributed by atoms with E-state index in [4.69, 9.17) is 15.4 Å². The summed E-state index contributed by atoms with van der Waals surface area (Å²) < 4.78 is 29.7. The van der Waals surface area contributed by atoms with Crippen LogP contribution in [0.1, 0.15) is 37.9 Å². The zero-order chi connectivity index (χ0) is 14.0. The molecule has 1 heterocycles. The summed E-state index contributed by atoms with van der Waals surface area (Å²) in [5.41, 5.74) is 0. The maximum Gasteiger partial charge on any atom is 0.296 e. The molecule has 0 N–H and O–H groups in total. The van der Waals surface area contributed by atoms with Crippen molar-refractivity contribution >= 4 is 19.7 Å². The van der Waals surface area contributed by atoms with Crippen LogP contribution < -0.4 is 0 Å². The topological polar surface area (TPSA) is 74.1 Å². The molecule has 2 rings (SSSR count). The van der Waals surface area contributed by atoms with Gasteiger partial charge < -0.3 is 4.74 Å². The van der Waals surface area contributed by atoms with Gasteiger partial charge in [0.15, 0.2) is 0 Å². The molecule has 108 valence electrons. The molecule has 1 aromatic heterocycles. The molecule has 0 radical (unpaired) electrons. The van der Waals surface area contributed by atoms with E-state index in [1.807, 2.05) is 0 Å². The SMILES string of the molecule is COCCn1c(C2CCCC2C)nnc1S(=O)(=O)Cl. The van der Waals surface area contributed by atoms with Gasteiger partial charge in [-0.1, -0.05) is 13.3 Å². The number of ether oxygens (including phenoxy) is 1. The third kappa shape index (κ3) is 3.09. The van der Waals surface area contributed by atoms with E-state index >= 15 is 0 Å². The number of hydrogen-bond donors (Lipinski definition) is 0. The van der Waals surface area contributed by atoms with Crippen molar-refractivity contribution in [2.75, 3.05) is 13.7 Å². The smallest absolute Gasteiger partial charge is 0.296 e. The fraction of sp³-hybridized carbons (Fsp3) is 0.818. The molecule has 1 aliphatic rings. The molecule has 2 atom stereocenters. The average molecular weight is 308 g/mol. The molecule has 19 heavy (non-hydrogen) atoms. The number of aromatic nitrogens is 3. The van der Waals surface area contributed by atoms with Crippen LogP contribution in [0.2, 0.25) is 0 Å². The molecule has 1 aromatic rings. The molecule has 1 saturated carbocycles. The molecule has 6 nitrogen and oxygen atoms in total. The summed E-state index contributed by atoms with van der Waals surface area (Å²) in [5, 5.41) is 7.64. The highest BCUT2D eigenvalue weighted by Gasteiger charge is 2.32. The van der Waals surface area contributed by atoms with E-state index in [0.717, 1.165) is 19.3 Å². The number of methoxy groups -OCH3 is 1. The predicted molar refractivity (Wildman–Crippen MR) is 70.7 cm³/mol. The highest BCUT2D eigenvalue weighted by Crippen LogP contribution is 2.38. The number of halogens is 1. The van der Waals surface area contributed by atoms with E-state index in [1.54, 1.807) is 11.7 Å². The maximum atomic E-state index is 11.5. The first kappa shape index (κ1) is 14.7. The lowest BCUT2D eigenvalue weighted by atomic mass is 9.97. The largest absolute Gasteiger partial charge is 0.383 e. The van der Waals surface area contributed by atoms with E-state index in [-0.39, 0.29) is 11.1 Å². The Morgan fingerprint density at radius 1 is 1.42 bits per heavy atom. The van der Waals surface area contributed by atoms with Crippen molar-refractivity contribution in [1.29, 1.82) is 0 Å². The van der Waals surface area contributed by atoms with Crippen molar-refractivity contribution < 1.29 is 13.2 Å². The van der Waals surface area contributed by atoms with Gasteiger partial charge in [-0.2, -0.15) is 0 Å². The zero-order valence-electron chi connectivity index (χ0n) is 11.0. The molecule has 2 unspecified atom stereocenters. The highest BCUT2D eigenvalue weighted by atomic mass is 35.7. The average Bonchev–Trinajstić information content (AvgIpc) is 2.90. The Hall–Kier alpha value is -0.660. The molecule has 0 saturated heterocycles. The van der Waals surface area contributed by atoms with Gasteiger partial charge in [-0.25, -0.2) is 8.42 Å². The minimum absolute atomic E-state index is 0.180. The molecule has 0 bridgehead atoms. The second-order valence-electron chi connectivity index (χ2n) is 4.94. The van der Waals surface area contributed by atoms with Crippen LogP contribution in [0, 0.1) is 5.92 Å². The summed E-state index contributed by atoms with van der Waals surface area (Å²) in [6.07, 6.45) is 3.27. The van der Waals surface area contributed by atoms with Gasteiger partial charge >= 0.3 is 0 Å². The predicted octanol–water partition coefficient (Wildman–Crippen LogP) is 1.76. The second kappa shape index (κ2) is 5.76. The van der Waals surface area contributed by atoms with E-state index in [9.17, 15) is 8.42 Å². The molecule has 0 amide bonds. The Bertz CT molecular complexity index is 543. The maximum absolute atomic E-state index is 11.5. The Balaban J connectivity index is 2.40. The minimum Gasteiger partial charge on any atom is -0.383 e. The lowest BCUT2D eigenvalue weighted by Gasteiger charge is -2.16. The summed E-state index contributed by atoms with van der Waals surface area (Å²) in [6, 6.07) is 0. The second-order valence-corrected chi connectivity index (χ2v) is 7.40. The highest BCUT2D eigenvalue weighted by molar-refractivity contribution is 8.13. The van der Waals surface area contributed by atoms with Gasteiger partial charge in [0, 0.05) is 30.3 Å². The minimum atomic E-state index is -3.88. The van der Waals surface area contributed by atoms with Crippen LogP contribution in [0.15, 0.2) is 5.16 Å². The number of hydrogen-bond acceptors (Lipinski definition) is 5.